The van der Waals surface area contributed by atoms with Gasteiger partial charge < -0.3 is 19.1 Å². The molecular formula is C27H33F3N2O3S. The summed E-state index contributed by atoms with van der Waals surface area (Å²) in [6.07, 6.45) is -5.72. The third kappa shape index (κ3) is 6.18. The number of hydrogen-bond donors (Lipinski definition) is 0. The highest BCUT2D eigenvalue weighted by molar-refractivity contribution is 8.14. The molecule has 6 atom stereocenters. The van der Waals surface area contributed by atoms with Crippen LogP contribution in [0.2, 0.25) is 0 Å². The molecule has 0 bridgehead atoms. The SMILES string of the molecule is COc1ccc(CCC([C@H]2O[C@@H]3SC(N(C)C)=N[C@@H]3[C@@H](OCc3ccccc3)[C@@H]2C)C(F)(F)F)cc1. The number of nitrogens with zero attached hydrogens (tertiary/aromatic N) is 2. The Labute approximate surface area is 215 Å². The van der Waals surface area contributed by atoms with Crippen LogP contribution in [-0.2, 0) is 22.5 Å². The summed E-state index contributed by atoms with van der Waals surface area (Å²) < 4.78 is 61.0. The van der Waals surface area contributed by atoms with Crippen LogP contribution in [-0.4, -0.2) is 61.1 Å². The number of thioether (sulfide) groups is 1. The van der Waals surface area contributed by atoms with Crippen LogP contribution in [0, 0.1) is 11.8 Å². The highest BCUT2D eigenvalue weighted by Crippen LogP contribution is 2.46. The molecule has 36 heavy (non-hydrogen) atoms. The largest absolute Gasteiger partial charge is 0.497 e. The molecule has 0 amide bonds. The lowest BCUT2D eigenvalue weighted by atomic mass is 9.80. The van der Waals surface area contributed by atoms with Crippen molar-refractivity contribution in [2.24, 2.45) is 16.8 Å². The van der Waals surface area contributed by atoms with Crippen LogP contribution in [0.15, 0.2) is 59.6 Å². The summed E-state index contributed by atoms with van der Waals surface area (Å²) in [5, 5.41) is 0.743. The molecule has 0 aliphatic carbocycles. The Morgan fingerprint density at radius 1 is 1.06 bits per heavy atom. The van der Waals surface area contributed by atoms with Crippen molar-refractivity contribution in [1.82, 2.24) is 4.90 Å². The first kappa shape index (κ1) is 26.8. The molecule has 1 saturated heterocycles. The zero-order chi connectivity index (χ0) is 25.9. The quantitative estimate of drug-likeness (QED) is 0.439. The van der Waals surface area contributed by atoms with Crippen molar-refractivity contribution in [1.29, 1.82) is 0 Å². The van der Waals surface area contributed by atoms with Crippen LogP contribution in [0.25, 0.3) is 0 Å². The predicted molar refractivity (Wildman–Crippen MR) is 136 cm³/mol. The predicted octanol–water partition coefficient (Wildman–Crippen LogP) is 5.79. The summed E-state index contributed by atoms with van der Waals surface area (Å²) in [4.78, 5) is 6.65. The van der Waals surface area contributed by atoms with E-state index in [4.69, 9.17) is 19.2 Å². The number of ether oxygens (including phenoxy) is 3. The molecule has 9 heteroatoms. The van der Waals surface area contributed by atoms with E-state index in [0.29, 0.717) is 12.4 Å². The molecule has 4 rings (SSSR count). The minimum absolute atomic E-state index is 0.0698. The van der Waals surface area contributed by atoms with Crippen LogP contribution in [0.1, 0.15) is 24.5 Å². The van der Waals surface area contributed by atoms with Gasteiger partial charge >= 0.3 is 6.18 Å². The number of alkyl halides is 3. The summed E-state index contributed by atoms with van der Waals surface area (Å²) >= 11 is 1.37. The molecule has 1 fully saturated rings. The number of benzene rings is 2. The van der Waals surface area contributed by atoms with Crippen molar-refractivity contribution in [2.45, 2.75) is 56.2 Å². The fraction of sp³-hybridized carbons (Fsp3) is 0.519. The molecule has 2 heterocycles. The Morgan fingerprint density at radius 3 is 2.36 bits per heavy atom. The Kier molecular flexibility index (Phi) is 8.52. The first-order valence-electron chi connectivity index (χ1n) is 12.1. The molecule has 0 saturated carbocycles. The van der Waals surface area contributed by atoms with Crippen LogP contribution < -0.4 is 4.74 Å². The number of fused-ring (bicyclic) bond motifs is 1. The molecule has 196 valence electrons. The average Bonchev–Trinajstić information content (AvgIpc) is 3.28. The third-order valence-electron chi connectivity index (χ3n) is 6.81. The van der Waals surface area contributed by atoms with Gasteiger partial charge in [-0.3, -0.25) is 4.99 Å². The minimum Gasteiger partial charge on any atom is -0.497 e. The van der Waals surface area contributed by atoms with Gasteiger partial charge in [0.2, 0.25) is 0 Å². The van der Waals surface area contributed by atoms with E-state index in [2.05, 4.69) is 0 Å². The van der Waals surface area contributed by atoms with E-state index < -0.39 is 35.7 Å². The third-order valence-corrected chi connectivity index (χ3v) is 8.12. The number of amidine groups is 1. The molecule has 2 aromatic carbocycles. The summed E-state index contributed by atoms with van der Waals surface area (Å²) in [7, 11) is 5.31. The van der Waals surface area contributed by atoms with Crippen LogP contribution >= 0.6 is 11.8 Å². The first-order chi connectivity index (χ1) is 17.2. The van der Waals surface area contributed by atoms with Crippen LogP contribution in [0.3, 0.4) is 0 Å². The topological polar surface area (TPSA) is 43.3 Å². The molecule has 0 aromatic heterocycles. The number of aryl methyl sites for hydroxylation is 1. The zero-order valence-corrected chi connectivity index (χ0v) is 21.8. The number of halogens is 3. The standard InChI is InChI=1S/C27H33F3N2O3S/c1-17-23(21(27(28,29)30)15-12-18-10-13-20(33-4)14-11-18)35-25-22(31-26(36-25)32(2)3)24(17)34-16-19-8-6-5-7-9-19/h5-11,13-14,17,21-25H,12,15-16H2,1-4H3/t17-,21?,22-,23+,24+,25-/m1/s1. The van der Waals surface area contributed by atoms with Gasteiger partial charge in [-0.25, -0.2) is 0 Å². The van der Waals surface area contributed by atoms with E-state index in [1.54, 1.807) is 26.2 Å². The lowest BCUT2D eigenvalue weighted by Crippen LogP contribution is -2.55. The van der Waals surface area contributed by atoms with Crippen LogP contribution in [0.5, 0.6) is 5.75 Å². The lowest BCUT2D eigenvalue weighted by molar-refractivity contribution is -0.241. The number of aliphatic imine (C=N–C) groups is 1. The van der Waals surface area contributed by atoms with Crippen LogP contribution in [0.4, 0.5) is 13.2 Å². The van der Waals surface area contributed by atoms with Gasteiger partial charge in [0.15, 0.2) is 5.17 Å². The summed E-state index contributed by atoms with van der Waals surface area (Å²) in [6.45, 7) is 2.11. The maximum atomic E-state index is 14.4. The van der Waals surface area contributed by atoms with Crippen molar-refractivity contribution in [3.05, 3.63) is 65.7 Å². The van der Waals surface area contributed by atoms with Crippen molar-refractivity contribution < 1.29 is 27.4 Å². The Hall–Kier alpha value is -2.23. The molecule has 2 aliphatic heterocycles. The maximum Gasteiger partial charge on any atom is 0.394 e. The molecule has 0 radical (unpaired) electrons. The second kappa shape index (κ2) is 11.4. The van der Waals surface area contributed by atoms with Crippen molar-refractivity contribution in [3.8, 4) is 5.75 Å². The summed E-state index contributed by atoms with van der Waals surface area (Å²) in [5.41, 5.74) is 1.28. The van der Waals surface area contributed by atoms with Gasteiger partial charge in [-0.2, -0.15) is 13.2 Å². The monoisotopic (exact) mass is 522 g/mol. The maximum absolute atomic E-state index is 14.4. The smallest absolute Gasteiger partial charge is 0.394 e. The van der Waals surface area contributed by atoms with Crippen molar-refractivity contribution in [2.75, 3.05) is 21.2 Å². The van der Waals surface area contributed by atoms with E-state index in [1.807, 2.05) is 61.5 Å². The summed E-state index contributed by atoms with van der Waals surface area (Å²) in [6, 6.07) is 16.5. The lowest BCUT2D eigenvalue weighted by Gasteiger charge is -2.45. The first-order valence-corrected chi connectivity index (χ1v) is 13.0. The highest BCUT2D eigenvalue weighted by Gasteiger charge is 2.55. The highest BCUT2D eigenvalue weighted by atomic mass is 32.2. The van der Waals surface area contributed by atoms with Gasteiger partial charge in [0, 0.05) is 20.0 Å². The average molecular weight is 523 g/mol. The summed E-state index contributed by atoms with van der Waals surface area (Å²) in [5.74, 6) is -1.44. The molecule has 5 nitrogen and oxygen atoms in total. The number of methoxy groups -OCH3 is 1. The van der Waals surface area contributed by atoms with Gasteiger partial charge in [-0.1, -0.05) is 61.2 Å². The van der Waals surface area contributed by atoms with E-state index in [9.17, 15) is 13.2 Å². The Balaban J connectivity index is 1.55. The van der Waals surface area contributed by atoms with E-state index in [0.717, 1.165) is 16.3 Å². The molecule has 2 aromatic rings. The van der Waals surface area contributed by atoms with Crippen molar-refractivity contribution >= 4 is 16.9 Å². The van der Waals surface area contributed by atoms with E-state index in [1.165, 1.54) is 11.8 Å². The number of rotatable bonds is 8. The second-order valence-electron chi connectivity index (χ2n) is 9.54. The molecule has 0 spiro atoms. The normalized spacial score (nSPS) is 26.8. The van der Waals surface area contributed by atoms with Crippen molar-refractivity contribution in [3.63, 3.8) is 0 Å². The van der Waals surface area contributed by atoms with E-state index in [-0.39, 0.29) is 18.9 Å². The van der Waals surface area contributed by atoms with Gasteiger partial charge in [-0.05, 0) is 36.1 Å². The van der Waals surface area contributed by atoms with Gasteiger partial charge in [0.1, 0.15) is 17.2 Å². The molecular weight excluding hydrogens is 489 g/mol. The molecule has 0 N–H and O–H groups in total. The fourth-order valence-corrected chi connectivity index (χ4v) is 5.97. The minimum atomic E-state index is -4.41. The van der Waals surface area contributed by atoms with Gasteiger partial charge in [-0.15, -0.1) is 0 Å². The number of hydrogen-bond acceptors (Lipinski definition) is 6. The second-order valence-corrected chi connectivity index (χ2v) is 10.6. The zero-order valence-electron chi connectivity index (χ0n) is 20.9. The van der Waals surface area contributed by atoms with E-state index >= 15 is 0 Å². The fourth-order valence-electron chi connectivity index (χ4n) is 4.83. The molecule has 2 aliphatic rings. The molecule has 1 unspecified atom stereocenters. The van der Waals surface area contributed by atoms with Gasteiger partial charge in [0.25, 0.3) is 0 Å². The Bertz CT molecular complexity index is 1020. The van der Waals surface area contributed by atoms with Gasteiger partial charge in [0.05, 0.1) is 31.8 Å². The Morgan fingerprint density at radius 2 is 1.75 bits per heavy atom.